The normalized spacial score (nSPS) is 16.9. The van der Waals surface area contributed by atoms with E-state index in [1.807, 2.05) is 6.92 Å². The molecule has 0 spiro atoms. The van der Waals surface area contributed by atoms with Crippen LogP contribution in [0.2, 0.25) is 0 Å². The summed E-state index contributed by atoms with van der Waals surface area (Å²) in [5.41, 5.74) is 0. The van der Waals surface area contributed by atoms with Crippen LogP contribution in [-0.2, 0) is 4.79 Å². The van der Waals surface area contributed by atoms with Gasteiger partial charge < -0.3 is 15.5 Å². The number of hydrogen-bond donors (Lipinski definition) is 2. The Morgan fingerprint density at radius 2 is 1.90 bits per heavy atom. The minimum absolute atomic E-state index is 0.0227. The predicted octanol–water partition coefficient (Wildman–Crippen LogP) is 1.60. The summed E-state index contributed by atoms with van der Waals surface area (Å²) in [6.07, 6.45) is 8.11. The summed E-state index contributed by atoms with van der Waals surface area (Å²) in [7, 11) is 3.50. The Labute approximate surface area is 123 Å². The van der Waals surface area contributed by atoms with Gasteiger partial charge in [-0.05, 0) is 19.3 Å². The van der Waals surface area contributed by atoms with Crippen molar-refractivity contribution in [3.8, 4) is 0 Å². The van der Waals surface area contributed by atoms with Crippen molar-refractivity contribution < 1.29 is 4.79 Å². The molecule has 5 nitrogen and oxygen atoms in total. The summed E-state index contributed by atoms with van der Waals surface area (Å²) in [6, 6.07) is 0. The van der Waals surface area contributed by atoms with Crippen LogP contribution in [0.3, 0.4) is 0 Å². The van der Waals surface area contributed by atoms with E-state index in [9.17, 15) is 4.79 Å². The molecule has 0 saturated heterocycles. The van der Waals surface area contributed by atoms with Crippen molar-refractivity contribution >= 4 is 11.9 Å². The Balaban J connectivity index is 2.30. The zero-order chi connectivity index (χ0) is 14.8. The lowest BCUT2D eigenvalue weighted by molar-refractivity contribution is -0.127. The van der Waals surface area contributed by atoms with Gasteiger partial charge in [-0.3, -0.25) is 4.79 Å². The Bertz CT molecular complexity index is 309. The molecule has 1 aliphatic rings. The van der Waals surface area contributed by atoms with Crippen molar-refractivity contribution in [1.29, 1.82) is 0 Å². The molecule has 0 heterocycles. The van der Waals surface area contributed by atoms with Crippen LogP contribution in [-0.4, -0.2) is 50.5 Å². The van der Waals surface area contributed by atoms with Crippen LogP contribution in [0.25, 0.3) is 0 Å². The molecular weight excluding hydrogens is 252 g/mol. The molecule has 0 unspecified atom stereocenters. The SMILES string of the molecule is CCNC(=NCC(=O)N(C)C)NCCC1CCCCC1. The number of carbonyl (C=O) groups excluding carboxylic acids is 1. The number of carbonyl (C=O) groups is 1. The van der Waals surface area contributed by atoms with Gasteiger partial charge in [-0.25, -0.2) is 4.99 Å². The predicted molar refractivity (Wildman–Crippen MR) is 83.9 cm³/mol. The fourth-order valence-electron chi connectivity index (χ4n) is 2.50. The number of amides is 1. The zero-order valence-electron chi connectivity index (χ0n) is 13.2. The van der Waals surface area contributed by atoms with Gasteiger partial charge in [0, 0.05) is 27.2 Å². The first-order valence-electron chi connectivity index (χ1n) is 7.85. The van der Waals surface area contributed by atoms with Crippen LogP contribution >= 0.6 is 0 Å². The highest BCUT2D eigenvalue weighted by molar-refractivity contribution is 5.84. The van der Waals surface area contributed by atoms with Crippen LogP contribution in [0.15, 0.2) is 4.99 Å². The Kier molecular flexibility index (Phi) is 8.07. The first kappa shape index (κ1) is 16.8. The number of nitrogens with zero attached hydrogens (tertiary/aromatic N) is 2. The van der Waals surface area contributed by atoms with Gasteiger partial charge in [0.15, 0.2) is 5.96 Å². The highest BCUT2D eigenvalue weighted by atomic mass is 16.2. The largest absolute Gasteiger partial charge is 0.357 e. The van der Waals surface area contributed by atoms with Gasteiger partial charge >= 0.3 is 0 Å². The maximum Gasteiger partial charge on any atom is 0.243 e. The summed E-state index contributed by atoms with van der Waals surface area (Å²) in [6.45, 7) is 3.98. The van der Waals surface area contributed by atoms with Crippen LogP contribution in [0.5, 0.6) is 0 Å². The molecule has 20 heavy (non-hydrogen) atoms. The molecule has 5 heteroatoms. The summed E-state index contributed by atoms with van der Waals surface area (Å²) < 4.78 is 0. The van der Waals surface area contributed by atoms with Crippen molar-refractivity contribution in [2.75, 3.05) is 33.7 Å². The van der Waals surface area contributed by atoms with Gasteiger partial charge in [0.25, 0.3) is 0 Å². The molecule has 1 fully saturated rings. The number of rotatable bonds is 6. The number of nitrogens with one attached hydrogen (secondary N) is 2. The molecule has 0 aliphatic heterocycles. The van der Waals surface area contributed by atoms with Gasteiger partial charge in [-0.2, -0.15) is 0 Å². The molecule has 1 rings (SSSR count). The van der Waals surface area contributed by atoms with Crippen molar-refractivity contribution in [1.82, 2.24) is 15.5 Å². The molecule has 1 amide bonds. The fraction of sp³-hybridized carbons (Fsp3) is 0.867. The molecule has 2 N–H and O–H groups in total. The number of aliphatic imine (C=N–C) groups is 1. The minimum atomic E-state index is 0.0227. The van der Waals surface area contributed by atoms with Crippen molar-refractivity contribution in [3.63, 3.8) is 0 Å². The Hall–Kier alpha value is -1.26. The van der Waals surface area contributed by atoms with Crippen LogP contribution < -0.4 is 10.6 Å². The lowest BCUT2D eigenvalue weighted by Crippen LogP contribution is -2.39. The van der Waals surface area contributed by atoms with E-state index in [0.29, 0.717) is 0 Å². The summed E-state index contributed by atoms with van der Waals surface area (Å²) in [5.74, 6) is 1.63. The average Bonchev–Trinajstić information content (AvgIpc) is 2.45. The number of guanidine groups is 1. The second-order valence-corrected chi connectivity index (χ2v) is 5.70. The van der Waals surface area contributed by atoms with E-state index >= 15 is 0 Å². The highest BCUT2D eigenvalue weighted by Gasteiger charge is 2.13. The monoisotopic (exact) mass is 282 g/mol. The van der Waals surface area contributed by atoms with Crippen molar-refractivity contribution in [2.24, 2.45) is 10.9 Å². The van der Waals surface area contributed by atoms with Gasteiger partial charge in [-0.15, -0.1) is 0 Å². The van der Waals surface area contributed by atoms with Gasteiger partial charge in [0.05, 0.1) is 0 Å². The second-order valence-electron chi connectivity index (χ2n) is 5.70. The van der Waals surface area contributed by atoms with Gasteiger partial charge in [-0.1, -0.05) is 32.1 Å². The maximum atomic E-state index is 11.5. The smallest absolute Gasteiger partial charge is 0.243 e. The van der Waals surface area contributed by atoms with E-state index in [-0.39, 0.29) is 12.5 Å². The topological polar surface area (TPSA) is 56.7 Å². The molecule has 0 atom stereocenters. The first-order chi connectivity index (χ1) is 9.63. The Morgan fingerprint density at radius 1 is 1.20 bits per heavy atom. The standard InChI is InChI=1S/C15H30N4O/c1-4-16-15(18-12-14(20)19(2)3)17-11-10-13-8-6-5-7-9-13/h13H,4-12H2,1-3H3,(H2,16,17,18). The van der Waals surface area contributed by atoms with Crippen LogP contribution in [0.4, 0.5) is 0 Å². The first-order valence-corrected chi connectivity index (χ1v) is 7.85. The van der Waals surface area contributed by atoms with Crippen molar-refractivity contribution in [3.05, 3.63) is 0 Å². The van der Waals surface area contributed by atoms with E-state index < -0.39 is 0 Å². The summed E-state index contributed by atoms with van der Waals surface area (Å²) >= 11 is 0. The lowest BCUT2D eigenvalue weighted by Gasteiger charge is -2.22. The molecule has 0 aromatic heterocycles. The van der Waals surface area contributed by atoms with Crippen LogP contribution in [0.1, 0.15) is 45.4 Å². The van der Waals surface area contributed by atoms with Gasteiger partial charge in [0.2, 0.25) is 5.91 Å². The van der Waals surface area contributed by atoms with E-state index in [0.717, 1.165) is 25.0 Å². The molecule has 0 radical (unpaired) electrons. The maximum absolute atomic E-state index is 11.5. The summed E-state index contributed by atoms with van der Waals surface area (Å²) in [5, 5.41) is 6.51. The third-order valence-corrected chi connectivity index (χ3v) is 3.79. The van der Waals surface area contributed by atoms with Gasteiger partial charge in [0.1, 0.15) is 6.54 Å². The molecule has 0 aromatic carbocycles. The number of likely N-dealkylation sites (N-methyl/N-ethyl adjacent to an activating group) is 1. The third-order valence-electron chi connectivity index (χ3n) is 3.79. The second kappa shape index (κ2) is 9.61. The summed E-state index contributed by atoms with van der Waals surface area (Å²) in [4.78, 5) is 17.4. The minimum Gasteiger partial charge on any atom is -0.357 e. The lowest BCUT2D eigenvalue weighted by atomic mass is 9.87. The van der Waals surface area contributed by atoms with E-state index in [2.05, 4.69) is 15.6 Å². The molecule has 116 valence electrons. The van der Waals surface area contributed by atoms with E-state index in [1.54, 1.807) is 19.0 Å². The third kappa shape index (κ3) is 6.78. The number of hydrogen-bond acceptors (Lipinski definition) is 2. The highest BCUT2D eigenvalue weighted by Crippen LogP contribution is 2.25. The van der Waals surface area contributed by atoms with E-state index in [4.69, 9.17) is 0 Å². The van der Waals surface area contributed by atoms with E-state index in [1.165, 1.54) is 38.5 Å². The molecule has 1 aliphatic carbocycles. The molecular formula is C15H30N4O. The average molecular weight is 282 g/mol. The molecule has 1 saturated carbocycles. The van der Waals surface area contributed by atoms with Crippen LogP contribution in [0, 0.1) is 5.92 Å². The quantitative estimate of drug-likeness (QED) is 0.575. The molecule has 0 aromatic rings. The fourth-order valence-corrected chi connectivity index (χ4v) is 2.50. The van der Waals surface area contributed by atoms with Crippen molar-refractivity contribution in [2.45, 2.75) is 45.4 Å². The zero-order valence-corrected chi connectivity index (χ0v) is 13.2. The Morgan fingerprint density at radius 3 is 2.50 bits per heavy atom. The molecule has 0 bridgehead atoms.